The van der Waals surface area contributed by atoms with E-state index in [0.29, 0.717) is 16.7 Å². The number of pyridine rings is 1. The molecule has 0 spiro atoms. The number of non-ortho nitro benzene ring substituents is 1. The molecule has 0 atom stereocenters. The predicted molar refractivity (Wildman–Crippen MR) is 62.4 cm³/mol. The van der Waals surface area contributed by atoms with Crippen LogP contribution >= 0.6 is 11.6 Å². The number of aromatic nitrogens is 1. The van der Waals surface area contributed by atoms with Crippen LogP contribution in [0.2, 0.25) is 5.02 Å². The van der Waals surface area contributed by atoms with Crippen molar-refractivity contribution in [2.45, 2.75) is 0 Å². The van der Waals surface area contributed by atoms with Gasteiger partial charge >= 0.3 is 0 Å². The minimum atomic E-state index is -0.484. The summed E-state index contributed by atoms with van der Waals surface area (Å²) >= 11 is 5.67. The minimum Gasteiger partial charge on any atom is -0.439 e. The topological polar surface area (TPSA) is 65.3 Å². The van der Waals surface area contributed by atoms with Crippen LogP contribution in [-0.4, -0.2) is 9.91 Å². The van der Waals surface area contributed by atoms with Crippen LogP contribution in [0.5, 0.6) is 11.6 Å². The van der Waals surface area contributed by atoms with Crippen LogP contribution in [0.1, 0.15) is 0 Å². The molecule has 0 amide bonds. The molecule has 0 saturated carbocycles. The Morgan fingerprint density at radius 1 is 1.29 bits per heavy atom. The van der Waals surface area contributed by atoms with Gasteiger partial charge in [0.2, 0.25) is 5.88 Å². The van der Waals surface area contributed by atoms with Crippen molar-refractivity contribution >= 4 is 17.3 Å². The maximum absolute atomic E-state index is 10.6. The van der Waals surface area contributed by atoms with E-state index in [1.807, 2.05) is 0 Å². The van der Waals surface area contributed by atoms with Gasteiger partial charge in [0.1, 0.15) is 5.75 Å². The third kappa shape index (κ3) is 2.92. The van der Waals surface area contributed by atoms with E-state index in [1.54, 1.807) is 24.3 Å². The molecule has 1 aromatic heterocycles. The van der Waals surface area contributed by atoms with Gasteiger partial charge in [-0.15, -0.1) is 0 Å². The van der Waals surface area contributed by atoms with Gasteiger partial charge in [0.25, 0.3) is 5.69 Å². The van der Waals surface area contributed by atoms with Gasteiger partial charge in [-0.2, -0.15) is 0 Å². The highest BCUT2D eigenvalue weighted by Crippen LogP contribution is 2.24. The van der Waals surface area contributed by atoms with Crippen molar-refractivity contribution in [1.82, 2.24) is 4.98 Å². The fraction of sp³-hybridized carbons (Fsp3) is 0. The zero-order valence-corrected chi connectivity index (χ0v) is 9.29. The number of hydrogen-bond donors (Lipinski definition) is 0. The molecule has 1 aromatic carbocycles. The molecule has 0 aliphatic rings. The monoisotopic (exact) mass is 250 g/mol. The first kappa shape index (κ1) is 11.3. The van der Waals surface area contributed by atoms with Crippen LogP contribution in [0.25, 0.3) is 0 Å². The quantitative estimate of drug-likeness (QED) is 0.618. The predicted octanol–water partition coefficient (Wildman–Crippen LogP) is 3.44. The number of halogens is 1. The summed E-state index contributed by atoms with van der Waals surface area (Å²) in [5.41, 5.74) is -0.0311. The van der Waals surface area contributed by atoms with Crippen LogP contribution < -0.4 is 4.74 Å². The fourth-order valence-electron chi connectivity index (χ4n) is 1.20. The van der Waals surface area contributed by atoms with Gasteiger partial charge < -0.3 is 4.74 Å². The van der Waals surface area contributed by atoms with Gasteiger partial charge in [-0.05, 0) is 12.1 Å². The van der Waals surface area contributed by atoms with E-state index >= 15 is 0 Å². The van der Waals surface area contributed by atoms with Crippen LogP contribution in [-0.2, 0) is 0 Å². The Morgan fingerprint density at radius 2 is 2.12 bits per heavy atom. The molecular formula is C11H7ClN2O3. The molecule has 2 aromatic rings. The van der Waals surface area contributed by atoms with Crippen molar-refractivity contribution < 1.29 is 9.66 Å². The third-order valence-electron chi connectivity index (χ3n) is 1.95. The Hall–Kier alpha value is -2.14. The first-order chi connectivity index (χ1) is 8.15. The lowest BCUT2D eigenvalue weighted by Gasteiger charge is -2.03. The van der Waals surface area contributed by atoms with E-state index in [1.165, 1.54) is 18.3 Å². The second-order valence-corrected chi connectivity index (χ2v) is 3.61. The SMILES string of the molecule is O=[N+]([O-])c1cccc(Oc2ccc(Cl)cn2)c1. The normalized spacial score (nSPS) is 9.94. The standard InChI is InChI=1S/C11H7ClN2O3/c12-8-4-5-11(13-7-8)17-10-3-1-2-9(6-10)14(15)16/h1-7H. The third-order valence-corrected chi connectivity index (χ3v) is 2.17. The number of nitro groups is 1. The Kier molecular flexibility index (Phi) is 3.20. The lowest BCUT2D eigenvalue weighted by Crippen LogP contribution is -1.90. The summed E-state index contributed by atoms with van der Waals surface area (Å²) in [6.07, 6.45) is 1.44. The van der Waals surface area contributed by atoms with Crippen LogP contribution in [0.3, 0.4) is 0 Å². The molecule has 0 fully saturated rings. The molecule has 0 aliphatic carbocycles. The largest absolute Gasteiger partial charge is 0.439 e. The van der Waals surface area contributed by atoms with Crippen molar-refractivity contribution in [3.8, 4) is 11.6 Å². The lowest BCUT2D eigenvalue weighted by atomic mass is 10.3. The van der Waals surface area contributed by atoms with Crippen LogP contribution in [0, 0.1) is 10.1 Å². The van der Waals surface area contributed by atoms with Gasteiger partial charge in [-0.25, -0.2) is 4.98 Å². The highest BCUT2D eigenvalue weighted by molar-refractivity contribution is 6.30. The summed E-state index contributed by atoms with van der Waals surface area (Å²) in [4.78, 5) is 14.0. The minimum absolute atomic E-state index is 0.0311. The van der Waals surface area contributed by atoms with Crippen molar-refractivity contribution in [2.24, 2.45) is 0 Å². The smallest absolute Gasteiger partial charge is 0.273 e. The number of rotatable bonds is 3. The molecule has 0 unspecified atom stereocenters. The average Bonchev–Trinajstić information content (AvgIpc) is 2.32. The van der Waals surface area contributed by atoms with E-state index in [9.17, 15) is 10.1 Å². The molecule has 1 heterocycles. The van der Waals surface area contributed by atoms with Crippen molar-refractivity contribution in [1.29, 1.82) is 0 Å². The molecule has 0 aliphatic heterocycles. The summed E-state index contributed by atoms with van der Waals surface area (Å²) in [5, 5.41) is 11.1. The van der Waals surface area contributed by atoms with Gasteiger partial charge in [-0.1, -0.05) is 17.7 Å². The molecule has 0 N–H and O–H groups in total. The van der Waals surface area contributed by atoms with Gasteiger partial charge in [0.15, 0.2) is 0 Å². The highest BCUT2D eigenvalue weighted by atomic mass is 35.5. The Bertz CT molecular complexity index is 543. The van der Waals surface area contributed by atoms with E-state index in [0.717, 1.165) is 0 Å². The second-order valence-electron chi connectivity index (χ2n) is 3.17. The molecule has 2 rings (SSSR count). The molecule has 0 saturated heterocycles. The van der Waals surface area contributed by atoms with Gasteiger partial charge in [0, 0.05) is 18.3 Å². The first-order valence-corrected chi connectivity index (χ1v) is 5.07. The molecule has 0 bridgehead atoms. The number of nitrogens with zero attached hydrogens (tertiary/aromatic N) is 2. The molecule has 86 valence electrons. The Labute approximate surface area is 102 Å². The maximum atomic E-state index is 10.6. The molecule has 6 heteroatoms. The van der Waals surface area contributed by atoms with E-state index in [-0.39, 0.29) is 5.69 Å². The summed E-state index contributed by atoms with van der Waals surface area (Å²) in [6, 6.07) is 9.09. The summed E-state index contributed by atoms with van der Waals surface area (Å²) < 4.78 is 5.35. The number of ether oxygens (including phenoxy) is 1. The summed E-state index contributed by atoms with van der Waals surface area (Å²) in [7, 11) is 0. The lowest BCUT2D eigenvalue weighted by molar-refractivity contribution is -0.384. The number of hydrogen-bond acceptors (Lipinski definition) is 4. The van der Waals surface area contributed by atoms with E-state index < -0.39 is 4.92 Å². The van der Waals surface area contributed by atoms with Gasteiger partial charge in [0.05, 0.1) is 16.0 Å². The zero-order valence-electron chi connectivity index (χ0n) is 8.54. The van der Waals surface area contributed by atoms with Crippen LogP contribution in [0.15, 0.2) is 42.6 Å². The summed E-state index contributed by atoms with van der Waals surface area (Å²) in [6.45, 7) is 0. The molecule has 17 heavy (non-hydrogen) atoms. The van der Waals surface area contributed by atoms with Crippen molar-refractivity contribution in [3.63, 3.8) is 0 Å². The second kappa shape index (κ2) is 4.80. The maximum Gasteiger partial charge on any atom is 0.273 e. The average molecular weight is 251 g/mol. The number of nitro benzene ring substituents is 1. The van der Waals surface area contributed by atoms with Gasteiger partial charge in [-0.3, -0.25) is 10.1 Å². The van der Waals surface area contributed by atoms with E-state index in [4.69, 9.17) is 16.3 Å². The number of benzene rings is 1. The van der Waals surface area contributed by atoms with Crippen molar-refractivity contribution in [3.05, 3.63) is 57.7 Å². The van der Waals surface area contributed by atoms with Crippen molar-refractivity contribution in [2.75, 3.05) is 0 Å². The van der Waals surface area contributed by atoms with E-state index in [2.05, 4.69) is 4.98 Å². The molecule has 0 radical (unpaired) electrons. The highest BCUT2D eigenvalue weighted by Gasteiger charge is 2.07. The zero-order chi connectivity index (χ0) is 12.3. The molecule has 5 nitrogen and oxygen atoms in total. The Morgan fingerprint density at radius 3 is 2.76 bits per heavy atom. The summed E-state index contributed by atoms with van der Waals surface area (Å²) in [5.74, 6) is 0.684. The first-order valence-electron chi connectivity index (χ1n) is 4.69. The molecular weight excluding hydrogens is 244 g/mol. The van der Waals surface area contributed by atoms with Crippen LogP contribution in [0.4, 0.5) is 5.69 Å². The fourth-order valence-corrected chi connectivity index (χ4v) is 1.32. The Balaban J connectivity index is 2.21.